The van der Waals surface area contributed by atoms with Crippen molar-refractivity contribution < 1.29 is 23.5 Å². The summed E-state index contributed by atoms with van der Waals surface area (Å²) in [7, 11) is 0. The molecule has 0 unspecified atom stereocenters. The van der Waals surface area contributed by atoms with Gasteiger partial charge in [0.1, 0.15) is 0 Å². The van der Waals surface area contributed by atoms with Crippen molar-refractivity contribution in [2.75, 3.05) is 0 Å². The van der Waals surface area contributed by atoms with Crippen LogP contribution in [0.1, 0.15) is 0 Å². The fourth-order valence-corrected chi connectivity index (χ4v) is 0. The van der Waals surface area contributed by atoms with E-state index in [4.69, 9.17) is 0 Å². The van der Waals surface area contributed by atoms with Gasteiger partial charge in [-0.05, 0) is 0 Å². The number of hydrogen-bond donors (Lipinski definition) is 0. The summed E-state index contributed by atoms with van der Waals surface area (Å²) in [5.41, 5.74) is 0. The van der Waals surface area contributed by atoms with Gasteiger partial charge in [-0.2, -0.15) is 0 Å². The Morgan fingerprint density at radius 3 is 1.20 bits per heavy atom. The first-order valence-corrected chi connectivity index (χ1v) is 8.07. The van der Waals surface area contributed by atoms with Gasteiger partial charge in [0.25, 0.3) is 0 Å². The summed E-state index contributed by atoms with van der Waals surface area (Å²) < 4.78 is 0. The SMILES string of the molecule is C[Si](C)(C)[Sc]. The predicted octanol–water partition coefficient (Wildman–Crippen LogP) is 1.37. The van der Waals surface area contributed by atoms with Crippen LogP contribution in [0.5, 0.6) is 0 Å². The zero-order chi connectivity index (χ0) is 4.50. The average Bonchev–Trinajstić information content (AvgIpc) is 0.722. The van der Waals surface area contributed by atoms with Crippen LogP contribution >= 0.6 is 0 Å². The Hall–Kier alpha value is 1.09. The van der Waals surface area contributed by atoms with Crippen molar-refractivity contribution in [2.24, 2.45) is 0 Å². The molecule has 0 radical (unpaired) electrons. The summed E-state index contributed by atoms with van der Waals surface area (Å²) in [4.78, 5) is 0. The van der Waals surface area contributed by atoms with Crippen LogP contribution in [-0.2, 0) is 23.5 Å². The third-order valence-corrected chi connectivity index (χ3v) is 0. The quantitative estimate of drug-likeness (QED) is 0.421. The van der Waals surface area contributed by atoms with Gasteiger partial charge in [0.15, 0.2) is 0 Å². The molecule has 0 aromatic heterocycles. The molecule has 0 fully saturated rings. The van der Waals surface area contributed by atoms with Gasteiger partial charge < -0.3 is 0 Å². The van der Waals surface area contributed by atoms with Crippen molar-refractivity contribution >= 4 is 5.26 Å². The molecule has 0 atom stereocenters. The average molecular weight is 118 g/mol. The van der Waals surface area contributed by atoms with E-state index in [0.717, 1.165) is 0 Å². The molecule has 28 valence electrons. The van der Waals surface area contributed by atoms with E-state index in [1.54, 1.807) is 0 Å². The van der Waals surface area contributed by atoms with E-state index in [1.165, 1.54) is 0 Å². The van der Waals surface area contributed by atoms with Crippen molar-refractivity contribution in [3.63, 3.8) is 0 Å². The summed E-state index contributed by atoms with van der Waals surface area (Å²) in [6.07, 6.45) is 0. The molecular weight excluding hydrogens is 109 g/mol. The van der Waals surface area contributed by atoms with Gasteiger partial charge >= 0.3 is 48.4 Å². The maximum absolute atomic E-state index is 2.35. The minimum absolute atomic E-state index is 0.549. The van der Waals surface area contributed by atoms with Crippen LogP contribution in [0.25, 0.3) is 0 Å². The van der Waals surface area contributed by atoms with E-state index < -0.39 is 5.26 Å². The second-order valence-electron chi connectivity index (χ2n) is 2.37. The molecule has 0 amide bonds. The molecule has 0 saturated carbocycles. The summed E-state index contributed by atoms with van der Waals surface area (Å²) in [6, 6.07) is 0. The fraction of sp³-hybridized carbons (Fsp3) is 1.00. The Kier molecular flexibility index (Phi) is 2.06. The zero-order valence-electron chi connectivity index (χ0n) is 4.08. The standard InChI is InChI=1S/C3H9Si.Sc/c1-4(2)3;/h1-3H3;. The molecule has 5 heavy (non-hydrogen) atoms. The van der Waals surface area contributed by atoms with Crippen molar-refractivity contribution in [2.45, 2.75) is 19.6 Å². The molecule has 0 N–H and O–H groups in total. The van der Waals surface area contributed by atoms with Crippen molar-refractivity contribution in [1.29, 1.82) is 0 Å². The van der Waals surface area contributed by atoms with E-state index in [9.17, 15) is 0 Å². The van der Waals surface area contributed by atoms with Crippen molar-refractivity contribution in [3.8, 4) is 0 Å². The van der Waals surface area contributed by atoms with E-state index in [-0.39, 0.29) is 0 Å². The molecule has 0 aromatic rings. The second kappa shape index (κ2) is 1.69. The van der Waals surface area contributed by atoms with E-state index in [2.05, 4.69) is 19.6 Å². The minimum atomic E-state index is -0.549. The molecule has 0 aromatic carbocycles. The Morgan fingerprint density at radius 2 is 1.20 bits per heavy atom. The molecule has 0 aliphatic rings. The Labute approximate surface area is 48.5 Å². The second-order valence-corrected chi connectivity index (χ2v) is 15.2. The van der Waals surface area contributed by atoms with Crippen LogP contribution < -0.4 is 0 Å². The number of hydrogen-bond acceptors (Lipinski definition) is 0. The summed E-state index contributed by atoms with van der Waals surface area (Å²) in [5, 5.41) is -0.549. The molecule has 0 aliphatic heterocycles. The van der Waals surface area contributed by atoms with Crippen LogP contribution in [0.15, 0.2) is 0 Å². The van der Waals surface area contributed by atoms with Crippen LogP contribution in [0, 0.1) is 0 Å². The molecule has 0 spiro atoms. The van der Waals surface area contributed by atoms with Gasteiger partial charge in [0.05, 0.1) is 0 Å². The normalized spacial score (nSPS) is 11.6. The molecule has 0 nitrogen and oxygen atoms in total. The maximum atomic E-state index is 2.35. The van der Waals surface area contributed by atoms with Gasteiger partial charge in [-0.1, -0.05) is 0 Å². The molecule has 2 heteroatoms. The van der Waals surface area contributed by atoms with Crippen LogP contribution in [0.3, 0.4) is 0 Å². The van der Waals surface area contributed by atoms with Crippen LogP contribution in [0.4, 0.5) is 0 Å². The van der Waals surface area contributed by atoms with E-state index in [0.29, 0.717) is 0 Å². The molecule has 0 heterocycles. The fourth-order valence-electron chi connectivity index (χ4n) is 0. The van der Waals surface area contributed by atoms with Crippen molar-refractivity contribution in [3.05, 3.63) is 0 Å². The Balaban J connectivity index is 3.02. The third kappa shape index (κ3) is 41.0. The summed E-state index contributed by atoms with van der Waals surface area (Å²) in [5.74, 6) is 0. The van der Waals surface area contributed by atoms with E-state index >= 15 is 0 Å². The monoisotopic (exact) mass is 118 g/mol. The first-order chi connectivity index (χ1) is 2.00. The van der Waals surface area contributed by atoms with Gasteiger partial charge in [-0.15, -0.1) is 0 Å². The first kappa shape index (κ1) is 6.09. The molecule has 0 aliphatic carbocycles. The molecule has 0 saturated heterocycles. The van der Waals surface area contributed by atoms with Crippen LogP contribution in [-0.4, -0.2) is 5.26 Å². The zero-order valence-corrected chi connectivity index (χ0v) is 6.88. The topological polar surface area (TPSA) is 0 Å². The van der Waals surface area contributed by atoms with Crippen molar-refractivity contribution in [1.82, 2.24) is 0 Å². The Bertz CT molecular complexity index is 22.4. The summed E-state index contributed by atoms with van der Waals surface area (Å²) >= 11 is 1.93. The van der Waals surface area contributed by atoms with Gasteiger partial charge in [0.2, 0.25) is 0 Å². The van der Waals surface area contributed by atoms with Crippen LogP contribution in [0.2, 0.25) is 19.6 Å². The molecule has 0 rings (SSSR count). The third-order valence-electron chi connectivity index (χ3n) is 0. The Morgan fingerprint density at radius 1 is 1.20 bits per heavy atom. The molecular formula is C3H9ScSi. The van der Waals surface area contributed by atoms with Gasteiger partial charge in [-0.3, -0.25) is 0 Å². The number of rotatable bonds is 0. The molecule has 0 bridgehead atoms. The first-order valence-electron chi connectivity index (χ1n) is 1.79. The summed E-state index contributed by atoms with van der Waals surface area (Å²) in [6.45, 7) is 7.06. The predicted molar refractivity (Wildman–Crippen MR) is 23.3 cm³/mol. The van der Waals surface area contributed by atoms with E-state index in [1.807, 2.05) is 23.5 Å². The van der Waals surface area contributed by atoms with Gasteiger partial charge in [-0.25, -0.2) is 0 Å². The van der Waals surface area contributed by atoms with Gasteiger partial charge in [0, 0.05) is 0 Å².